The summed E-state index contributed by atoms with van der Waals surface area (Å²) in [6.07, 6.45) is -1.01. The van der Waals surface area contributed by atoms with Crippen molar-refractivity contribution in [2.75, 3.05) is 5.33 Å². The molecule has 0 spiro atoms. The van der Waals surface area contributed by atoms with E-state index in [1.807, 2.05) is 30.3 Å². The molecule has 0 aliphatic carbocycles. The number of halogens is 1. The Bertz CT molecular complexity index is 276. The van der Waals surface area contributed by atoms with Crippen LogP contribution in [0.15, 0.2) is 30.3 Å². The highest BCUT2D eigenvalue weighted by Crippen LogP contribution is 2.14. The number of carboxylic acid groups (broad SMARTS) is 1. The highest BCUT2D eigenvalue weighted by atomic mass is 79.9. The summed E-state index contributed by atoms with van der Waals surface area (Å²) in [7, 11) is 0. The standard InChI is InChI=1S/C9H10BrNO2/c10-6-8(11-9(12)13)7-4-2-1-3-5-7/h1-5,8,11H,6H2,(H,12,13)/t8-/m0/s1. The minimum absolute atomic E-state index is 0.182. The first-order valence-corrected chi connectivity index (χ1v) is 4.96. The van der Waals surface area contributed by atoms with E-state index < -0.39 is 6.09 Å². The Morgan fingerprint density at radius 3 is 2.54 bits per heavy atom. The van der Waals surface area contributed by atoms with Crippen molar-refractivity contribution < 1.29 is 9.90 Å². The van der Waals surface area contributed by atoms with Crippen LogP contribution in [0, 0.1) is 0 Å². The first-order valence-electron chi connectivity index (χ1n) is 3.84. The van der Waals surface area contributed by atoms with Gasteiger partial charge in [0.2, 0.25) is 0 Å². The summed E-state index contributed by atoms with van der Waals surface area (Å²) in [5.74, 6) is 0. The van der Waals surface area contributed by atoms with Gasteiger partial charge >= 0.3 is 6.09 Å². The molecule has 0 saturated carbocycles. The molecular weight excluding hydrogens is 234 g/mol. The van der Waals surface area contributed by atoms with Crippen LogP contribution >= 0.6 is 15.9 Å². The molecule has 0 unspecified atom stereocenters. The van der Waals surface area contributed by atoms with E-state index in [4.69, 9.17) is 5.11 Å². The SMILES string of the molecule is O=C(O)N[C@@H](CBr)c1ccccc1. The van der Waals surface area contributed by atoms with Gasteiger partial charge in [-0.3, -0.25) is 0 Å². The molecule has 0 bridgehead atoms. The van der Waals surface area contributed by atoms with Crippen molar-refractivity contribution in [2.24, 2.45) is 0 Å². The monoisotopic (exact) mass is 243 g/mol. The van der Waals surface area contributed by atoms with Crippen molar-refractivity contribution >= 4 is 22.0 Å². The zero-order chi connectivity index (χ0) is 9.68. The largest absolute Gasteiger partial charge is 0.465 e. The molecule has 70 valence electrons. The van der Waals surface area contributed by atoms with E-state index in [1.54, 1.807) is 0 Å². The third kappa shape index (κ3) is 3.06. The number of carbonyl (C=O) groups is 1. The zero-order valence-electron chi connectivity index (χ0n) is 6.90. The maximum absolute atomic E-state index is 10.4. The van der Waals surface area contributed by atoms with E-state index >= 15 is 0 Å². The molecule has 3 nitrogen and oxygen atoms in total. The second-order valence-corrected chi connectivity index (χ2v) is 3.21. The van der Waals surface area contributed by atoms with Crippen LogP contribution in [0.4, 0.5) is 4.79 Å². The Labute approximate surface area is 84.9 Å². The Hall–Kier alpha value is -1.03. The summed E-state index contributed by atoms with van der Waals surface area (Å²) in [6.45, 7) is 0. The lowest BCUT2D eigenvalue weighted by atomic mass is 10.1. The van der Waals surface area contributed by atoms with E-state index in [0.29, 0.717) is 5.33 Å². The van der Waals surface area contributed by atoms with Crippen LogP contribution in [0.1, 0.15) is 11.6 Å². The van der Waals surface area contributed by atoms with Gasteiger partial charge in [-0.25, -0.2) is 4.79 Å². The molecule has 0 saturated heterocycles. The maximum atomic E-state index is 10.4. The van der Waals surface area contributed by atoms with Gasteiger partial charge in [0.1, 0.15) is 0 Å². The molecule has 2 N–H and O–H groups in total. The van der Waals surface area contributed by atoms with Crippen molar-refractivity contribution in [1.82, 2.24) is 5.32 Å². The van der Waals surface area contributed by atoms with Gasteiger partial charge in [-0.15, -0.1) is 0 Å². The van der Waals surface area contributed by atoms with E-state index in [1.165, 1.54) is 0 Å². The van der Waals surface area contributed by atoms with Gasteiger partial charge in [-0.05, 0) is 5.56 Å². The molecule has 0 radical (unpaired) electrons. The number of nitrogens with one attached hydrogen (secondary N) is 1. The summed E-state index contributed by atoms with van der Waals surface area (Å²) < 4.78 is 0. The van der Waals surface area contributed by atoms with Gasteiger partial charge in [-0.1, -0.05) is 46.3 Å². The first kappa shape index (κ1) is 10.1. The van der Waals surface area contributed by atoms with Crippen molar-refractivity contribution in [3.05, 3.63) is 35.9 Å². The van der Waals surface area contributed by atoms with Crippen LogP contribution in [0.25, 0.3) is 0 Å². The third-order valence-electron chi connectivity index (χ3n) is 1.65. The van der Waals surface area contributed by atoms with Crippen molar-refractivity contribution in [2.45, 2.75) is 6.04 Å². The number of benzene rings is 1. The number of hydrogen-bond acceptors (Lipinski definition) is 1. The molecule has 1 atom stereocenters. The summed E-state index contributed by atoms with van der Waals surface area (Å²) >= 11 is 3.26. The molecule has 4 heteroatoms. The number of alkyl halides is 1. The van der Waals surface area contributed by atoms with Gasteiger partial charge in [0.05, 0.1) is 6.04 Å². The minimum Gasteiger partial charge on any atom is -0.465 e. The first-order chi connectivity index (χ1) is 6.24. The summed E-state index contributed by atoms with van der Waals surface area (Å²) in [5, 5.41) is 11.5. The zero-order valence-corrected chi connectivity index (χ0v) is 8.49. The normalized spacial score (nSPS) is 12.1. The Kier molecular flexibility index (Phi) is 3.76. The summed E-state index contributed by atoms with van der Waals surface area (Å²) in [5.41, 5.74) is 0.960. The van der Waals surface area contributed by atoms with E-state index in [2.05, 4.69) is 21.2 Å². The van der Waals surface area contributed by atoms with Gasteiger partial charge < -0.3 is 10.4 Å². The van der Waals surface area contributed by atoms with Crippen molar-refractivity contribution in [3.63, 3.8) is 0 Å². The van der Waals surface area contributed by atoms with E-state index in [9.17, 15) is 4.79 Å². The second-order valence-electron chi connectivity index (χ2n) is 2.57. The maximum Gasteiger partial charge on any atom is 0.405 e. The molecule has 0 aromatic heterocycles. The molecule has 0 aliphatic heterocycles. The van der Waals surface area contributed by atoms with Gasteiger partial charge in [0, 0.05) is 5.33 Å². The van der Waals surface area contributed by atoms with Gasteiger partial charge in [0.15, 0.2) is 0 Å². The molecule has 1 rings (SSSR count). The summed E-state index contributed by atoms with van der Waals surface area (Å²) in [6, 6.07) is 9.27. The predicted molar refractivity (Wildman–Crippen MR) is 54.1 cm³/mol. The molecule has 0 aliphatic rings. The van der Waals surface area contributed by atoms with Gasteiger partial charge in [0.25, 0.3) is 0 Å². The lowest BCUT2D eigenvalue weighted by Gasteiger charge is -2.13. The summed E-state index contributed by atoms with van der Waals surface area (Å²) in [4.78, 5) is 10.4. The molecular formula is C9H10BrNO2. The fraction of sp³-hybridized carbons (Fsp3) is 0.222. The highest BCUT2D eigenvalue weighted by molar-refractivity contribution is 9.09. The van der Waals surface area contributed by atoms with E-state index in [0.717, 1.165) is 5.56 Å². The molecule has 0 heterocycles. The highest BCUT2D eigenvalue weighted by Gasteiger charge is 2.10. The lowest BCUT2D eigenvalue weighted by molar-refractivity contribution is 0.191. The number of hydrogen-bond donors (Lipinski definition) is 2. The lowest BCUT2D eigenvalue weighted by Crippen LogP contribution is -2.27. The average molecular weight is 244 g/mol. The molecule has 13 heavy (non-hydrogen) atoms. The van der Waals surface area contributed by atoms with Crippen molar-refractivity contribution in [3.8, 4) is 0 Å². The Balaban J connectivity index is 2.73. The van der Waals surface area contributed by atoms with Crippen LogP contribution in [-0.4, -0.2) is 16.5 Å². The fourth-order valence-corrected chi connectivity index (χ4v) is 1.58. The van der Waals surface area contributed by atoms with Gasteiger partial charge in [-0.2, -0.15) is 0 Å². The topological polar surface area (TPSA) is 49.3 Å². The second kappa shape index (κ2) is 4.87. The van der Waals surface area contributed by atoms with Crippen LogP contribution in [0.3, 0.4) is 0 Å². The molecule has 1 aromatic carbocycles. The van der Waals surface area contributed by atoms with Crippen molar-refractivity contribution in [1.29, 1.82) is 0 Å². The van der Waals surface area contributed by atoms with Crippen LogP contribution in [-0.2, 0) is 0 Å². The molecule has 1 amide bonds. The fourth-order valence-electron chi connectivity index (χ4n) is 1.05. The van der Waals surface area contributed by atoms with Crippen LogP contribution in [0.2, 0.25) is 0 Å². The quantitative estimate of drug-likeness (QED) is 0.802. The smallest absolute Gasteiger partial charge is 0.405 e. The number of amides is 1. The third-order valence-corrected chi connectivity index (χ3v) is 2.30. The molecule has 1 aromatic rings. The Morgan fingerprint density at radius 1 is 1.46 bits per heavy atom. The van der Waals surface area contributed by atoms with Crippen LogP contribution < -0.4 is 5.32 Å². The van der Waals surface area contributed by atoms with E-state index in [-0.39, 0.29) is 6.04 Å². The Morgan fingerprint density at radius 2 is 2.08 bits per heavy atom. The minimum atomic E-state index is -1.01. The molecule has 0 fully saturated rings. The average Bonchev–Trinajstić information content (AvgIpc) is 2.15. The number of rotatable bonds is 3. The van der Waals surface area contributed by atoms with Crippen LogP contribution in [0.5, 0.6) is 0 Å². The predicted octanol–water partition coefficient (Wildman–Crippen LogP) is 2.39.